The Kier molecular flexibility index (Phi) is 6.21. The molecule has 138 valence electrons. The smallest absolute Gasteiger partial charge is 0.418 e. The van der Waals surface area contributed by atoms with E-state index in [9.17, 15) is 22.8 Å². The van der Waals surface area contributed by atoms with Gasteiger partial charge in [-0.25, -0.2) is 0 Å². The van der Waals surface area contributed by atoms with Gasteiger partial charge in [0.1, 0.15) is 12.2 Å². The first kappa shape index (κ1) is 19.3. The molecule has 0 heterocycles. The predicted octanol–water partition coefficient (Wildman–Crippen LogP) is 3.36. The van der Waals surface area contributed by atoms with Crippen molar-refractivity contribution in [1.82, 2.24) is 5.32 Å². The molecule has 5 nitrogen and oxygen atoms in total. The molecule has 2 aromatic rings. The molecule has 0 aliphatic carbocycles. The van der Waals surface area contributed by atoms with E-state index in [1.54, 1.807) is 24.3 Å². The van der Waals surface area contributed by atoms with E-state index in [0.717, 1.165) is 17.7 Å². The number of anilines is 1. The summed E-state index contributed by atoms with van der Waals surface area (Å²) in [5, 5.41) is 4.66. The first-order valence-corrected chi connectivity index (χ1v) is 7.65. The molecule has 2 N–H and O–H groups in total. The topological polar surface area (TPSA) is 67.4 Å². The van der Waals surface area contributed by atoms with Gasteiger partial charge in [0.25, 0.3) is 0 Å². The average molecular weight is 366 g/mol. The van der Waals surface area contributed by atoms with Crippen LogP contribution in [-0.2, 0) is 22.3 Å². The van der Waals surface area contributed by atoms with Crippen molar-refractivity contribution in [3.05, 3.63) is 59.7 Å². The normalized spacial score (nSPS) is 10.9. The number of benzene rings is 2. The summed E-state index contributed by atoms with van der Waals surface area (Å²) in [6.45, 7) is 0.190. The van der Waals surface area contributed by atoms with Gasteiger partial charge in [0.2, 0.25) is 11.8 Å². The lowest BCUT2D eigenvalue weighted by molar-refractivity contribution is -0.137. The predicted molar refractivity (Wildman–Crippen MR) is 89.5 cm³/mol. The number of para-hydroxylation sites is 1. The second-order valence-electron chi connectivity index (χ2n) is 5.39. The molecule has 0 aliphatic rings. The minimum atomic E-state index is -4.60. The van der Waals surface area contributed by atoms with Crippen LogP contribution in [0.5, 0.6) is 5.75 Å². The van der Waals surface area contributed by atoms with Crippen LogP contribution in [-0.4, -0.2) is 18.9 Å². The molecule has 26 heavy (non-hydrogen) atoms. The molecular weight excluding hydrogens is 349 g/mol. The van der Waals surface area contributed by atoms with E-state index in [-0.39, 0.29) is 12.2 Å². The van der Waals surface area contributed by atoms with Crippen LogP contribution in [0.1, 0.15) is 17.5 Å². The van der Waals surface area contributed by atoms with Crippen molar-refractivity contribution >= 4 is 17.5 Å². The van der Waals surface area contributed by atoms with Gasteiger partial charge in [-0.2, -0.15) is 13.2 Å². The van der Waals surface area contributed by atoms with Crippen LogP contribution in [0.2, 0.25) is 0 Å². The summed E-state index contributed by atoms with van der Waals surface area (Å²) in [5.41, 5.74) is -0.554. The van der Waals surface area contributed by atoms with Gasteiger partial charge in [-0.3, -0.25) is 9.59 Å². The number of ether oxygens (including phenoxy) is 1. The molecule has 0 aliphatic heterocycles. The number of carbonyl (C=O) groups is 2. The highest BCUT2D eigenvalue weighted by Gasteiger charge is 2.33. The largest absolute Gasteiger partial charge is 0.497 e. The molecule has 0 spiro atoms. The minimum Gasteiger partial charge on any atom is -0.497 e. The maximum Gasteiger partial charge on any atom is 0.418 e. The summed E-state index contributed by atoms with van der Waals surface area (Å²) < 4.78 is 43.7. The van der Waals surface area contributed by atoms with E-state index < -0.39 is 30.0 Å². The number of halogens is 3. The van der Waals surface area contributed by atoms with Gasteiger partial charge >= 0.3 is 6.18 Å². The summed E-state index contributed by atoms with van der Waals surface area (Å²) in [7, 11) is 1.53. The summed E-state index contributed by atoms with van der Waals surface area (Å²) in [6.07, 6.45) is -5.18. The molecule has 2 aromatic carbocycles. The van der Waals surface area contributed by atoms with E-state index in [1.165, 1.54) is 19.2 Å². The second-order valence-corrected chi connectivity index (χ2v) is 5.39. The van der Waals surface area contributed by atoms with Gasteiger partial charge in [0.05, 0.1) is 18.4 Å². The Bertz CT molecular complexity index is 774. The third kappa shape index (κ3) is 5.51. The Morgan fingerprint density at radius 1 is 1.00 bits per heavy atom. The van der Waals surface area contributed by atoms with E-state index >= 15 is 0 Å². The molecule has 0 bridgehead atoms. The van der Waals surface area contributed by atoms with Crippen LogP contribution in [0.15, 0.2) is 48.5 Å². The van der Waals surface area contributed by atoms with Crippen LogP contribution in [0.25, 0.3) is 0 Å². The molecule has 0 unspecified atom stereocenters. The van der Waals surface area contributed by atoms with Gasteiger partial charge in [0, 0.05) is 6.54 Å². The van der Waals surface area contributed by atoms with E-state index in [0.29, 0.717) is 5.75 Å². The lowest BCUT2D eigenvalue weighted by Crippen LogP contribution is -2.28. The van der Waals surface area contributed by atoms with E-state index in [4.69, 9.17) is 4.74 Å². The van der Waals surface area contributed by atoms with Gasteiger partial charge in [-0.15, -0.1) is 0 Å². The van der Waals surface area contributed by atoms with Crippen molar-refractivity contribution < 1.29 is 27.5 Å². The Labute approximate surface area is 148 Å². The second kappa shape index (κ2) is 8.37. The Balaban J connectivity index is 1.88. The van der Waals surface area contributed by atoms with Crippen molar-refractivity contribution in [3.8, 4) is 5.75 Å². The Morgan fingerprint density at radius 3 is 2.27 bits per heavy atom. The zero-order valence-corrected chi connectivity index (χ0v) is 13.9. The van der Waals surface area contributed by atoms with Crippen molar-refractivity contribution in [2.24, 2.45) is 0 Å². The number of carbonyl (C=O) groups excluding carboxylic acids is 2. The SMILES string of the molecule is COc1ccc(CNC(=O)CC(=O)Nc2ccccc2C(F)(F)F)cc1. The fraction of sp³-hybridized carbons (Fsp3) is 0.222. The fourth-order valence-corrected chi connectivity index (χ4v) is 2.19. The van der Waals surface area contributed by atoms with Gasteiger partial charge in [-0.05, 0) is 29.8 Å². The third-order valence-corrected chi connectivity index (χ3v) is 3.48. The van der Waals surface area contributed by atoms with E-state index in [2.05, 4.69) is 10.6 Å². The third-order valence-electron chi connectivity index (χ3n) is 3.48. The Hall–Kier alpha value is -3.03. The van der Waals surface area contributed by atoms with E-state index in [1.807, 2.05) is 0 Å². The standard InChI is InChI=1S/C18H17F3N2O3/c1-26-13-8-6-12(7-9-13)11-22-16(24)10-17(25)23-15-5-3-2-4-14(15)18(19,20)21/h2-9H,10-11H2,1H3,(H,22,24)(H,23,25). The molecule has 0 fully saturated rings. The highest BCUT2D eigenvalue weighted by Crippen LogP contribution is 2.34. The number of amides is 2. The molecule has 0 radical (unpaired) electrons. The number of hydrogen-bond donors (Lipinski definition) is 2. The molecule has 0 atom stereocenters. The number of hydrogen-bond acceptors (Lipinski definition) is 3. The first-order valence-electron chi connectivity index (χ1n) is 7.65. The molecule has 2 amide bonds. The minimum absolute atomic E-state index is 0.190. The molecule has 8 heteroatoms. The van der Waals surface area contributed by atoms with Gasteiger partial charge in [-0.1, -0.05) is 24.3 Å². The molecule has 0 saturated carbocycles. The lowest BCUT2D eigenvalue weighted by Gasteiger charge is -2.13. The average Bonchev–Trinajstić information content (AvgIpc) is 2.60. The summed E-state index contributed by atoms with van der Waals surface area (Å²) in [4.78, 5) is 23.6. The van der Waals surface area contributed by atoms with Crippen LogP contribution < -0.4 is 15.4 Å². The zero-order chi connectivity index (χ0) is 19.2. The lowest BCUT2D eigenvalue weighted by atomic mass is 10.1. The summed E-state index contributed by atoms with van der Waals surface area (Å²) in [6, 6.07) is 11.5. The number of alkyl halides is 3. The highest BCUT2D eigenvalue weighted by molar-refractivity contribution is 6.03. The van der Waals surface area contributed by atoms with Gasteiger partial charge in [0.15, 0.2) is 0 Å². The van der Waals surface area contributed by atoms with Crippen molar-refractivity contribution in [2.75, 3.05) is 12.4 Å². The quantitative estimate of drug-likeness (QED) is 0.771. The van der Waals surface area contributed by atoms with Crippen molar-refractivity contribution in [3.63, 3.8) is 0 Å². The Morgan fingerprint density at radius 2 is 1.65 bits per heavy atom. The number of nitrogens with one attached hydrogen (secondary N) is 2. The van der Waals surface area contributed by atoms with Gasteiger partial charge < -0.3 is 15.4 Å². The molecular formula is C18H17F3N2O3. The zero-order valence-electron chi connectivity index (χ0n) is 13.9. The van der Waals surface area contributed by atoms with Crippen LogP contribution in [0, 0.1) is 0 Å². The maximum absolute atomic E-state index is 12.9. The molecule has 0 saturated heterocycles. The van der Waals surface area contributed by atoms with Crippen molar-refractivity contribution in [2.45, 2.75) is 19.1 Å². The number of rotatable bonds is 6. The van der Waals surface area contributed by atoms with Crippen LogP contribution >= 0.6 is 0 Å². The molecule has 2 rings (SSSR count). The summed E-state index contributed by atoms with van der Waals surface area (Å²) in [5.74, 6) is -0.750. The maximum atomic E-state index is 12.9. The molecule has 0 aromatic heterocycles. The van der Waals surface area contributed by atoms with Crippen LogP contribution in [0.3, 0.4) is 0 Å². The monoisotopic (exact) mass is 366 g/mol. The van der Waals surface area contributed by atoms with Crippen molar-refractivity contribution in [1.29, 1.82) is 0 Å². The first-order chi connectivity index (χ1) is 12.3. The van der Waals surface area contributed by atoms with Crippen LogP contribution in [0.4, 0.5) is 18.9 Å². The fourth-order valence-electron chi connectivity index (χ4n) is 2.19. The summed E-state index contributed by atoms with van der Waals surface area (Å²) >= 11 is 0. The number of methoxy groups -OCH3 is 1. The highest BCUT2D eigenvalue weighted by atomic mass is 19.4.